The normalized spacial score (nSPS) is 16.5. The predicted molar refractivity (Wildman–Crippen MR) is 73.2 cm³/mol. The van der Waals surface area contributed by atoms with Gasteiger partial charge < -0.3 is 5.32 Å². The Hall–Kier alpha value is -0.910. The first kappa shape index (κ1) is 13.5. The van der Waals surface area contributed by atoms with Crippen molar-refractivity contribution in [3.63, 3.8) is 0 Å². The average molecular weight is 313 g/mol. The summed E-state index contributed by atoms with van der Waals surface area (Å²) in [6.07, 6.45) is 2.21. The van der Waals surface area contributed by atoms with Crippen molar-refractivity contribution < 1.29 is 9.63 Å². The standard InChI is InChI=1S/C13H17BrN2O2/c14-12-3-1-2-11(8-12)13(17)16-18-9-10-4-6-15-7-5-10/h1-3,8,10,15H,4-7,9H2,(H,16,17). The van der Waals surface area contributed by atoms with Crippen LogP contribution in [0.15, 0.2) is 28.7 Å². The fraction of sp³-hybridized carbons (Fsp3) is 0.462. The Balaban J connectivity index is 1.74. The molecule has 0 aromatic heterocycles. The SMILES string of the molecule is O=C(NOCC1CCNCC1)c1cccc(Br)c1. The van der Waals surface area contributed by atoms with E-state index in [-0.39, 0.29) is 5.91 Å². The van der Waals surface area contributed by atoms with Crippen molar-refractivity contribution in [1.29, 1.82) is 0 Å². The highest BCUT2D eigenvalue weighted by atomic mass is 79.9. The third-order valence-electron chi connectivity index (χ3n) is 3.03. The summed E-state index contributed by atoms with van der Waals surface area (Å²) < 4.78 is 0.883. The Morgan fingerprint density at radius 3 is 2.94 bits per heavy atom. The number of nitrogens with one attached hydrogen (secondary N) is 2. The van der Waals surface area contributed by atoms with E-state index in [9.17, 15) is 4.79 Å². The van der Waals surface area contributed by atoms with E-state index in [2.05, 4.69) is 26.7 Å². The zero-order valence-corrected chi connectivity index (χ0v) is 11.7. The average Bonchev–Trinajstić information content (AvgIpc) is 2.40. The van der Waals surface area contributed by atoms with E-state index >= 15 is 0 Å². The van der Waals surface area contributed by atoms with Crippen molar-refractivity contribution in [1.82, 2.24) is 10.8 Å². The second kappa shape index (κ2) is 6.87. The van der Waals surface area contributed by atoms with Gasteiger partial charge >= 0.3 is 0 Å². The van der Waals surface area contributed by atoms with Gasteiger partial charge in [0.1, 0.15) is 0 Å². The molecule has 1 aliphatic rings. The molecule has 1 aliphatic heterocycles. The Labute approximate surface area is 115 Å². The van der Waals surface area contributed by atoms with Gasteiger partial charge in [-0.3, -0.25) is 9.63 Å². The van der Waals surface area contributed by atoms with Gasteiger partial charge in [0.25, 0.3) is 5.91 Å². The maximum atomic E-state index is 11.8. The lowest BCUT2D eigenvalue weighted by Gasteiger charge is -2.22. The maximum absolute atomic E-state index is 11.8. The van der Waals surface area contributed by atoms with E-state index in [1.54, 1.807) is 12.1 Å². The summed E-state index contributed by atoms with van der Waals surface area (Å²) in [6, 6.07) is 7.23. The smallest absolute Gasteiger partial charge is 0.274 e. The summed E-state index contributed by atoms with van der Waals surface area (Å²) in [5.74, 6) is 0.333. The van der Waals surface area contributed by atoms with Crippen molar-refractivity contribution in [2.75, 3.05) is 19.7 Å². The summed E-state index contributed by atoms with van der Waals surface area (Å²) in [5, 5.41) is 3.30. The molecule has 18 heavy (non-hydrogen) atoms. The van der Waals surface area contributed by atoms with Crippen LogP contribution >= 0.6 is 15.9 Å². The molecule has 0 saturated carbocycles. The number of hydroxylamine groups is 1. The van der Waals surface area contributed by atoms with Gasteiger partial charge in [0.15, 0.2) is 0 Å². The minimum absolute atomic E-state index is 0.203. The first-order valence-electron chi connectivity index (χ1n) is 6.14. The van der Waals surface area contributed by atoms with Crippen molar-refractivity contribution in [2.45, 2.75) is 12.8 Å². The van der Waals surface area contributed by atoms with Gasteiger partial charge in [-0.05, 0) is 50.0 Å². The first-order valence-corrected chi connectivity index (χ1v) is 6.93. The first-order chi connectivity index (χ1) is 8.75. The molecular weight excluding hydrogens is 296 g/mol. The molecule has 0 spiro atoms. The quantitative estimate of drug-likeness (QED) is 0.837. The molecule has 0 bridgehead atoms. The Morgan fingerprint density at radius 1 is 1.44 bits per heavy atom. The monoisotopic (exact) mass is 312 g/mol. The number of piperidine rings is 1. The van der Waals surface area contributed by atoms with Crippen LogP contribution in [0, 0.1) is 5.92 Å². The van der Waals surface area contributed by atoms with Crippen LogP contribution in [0.5, 0.6) is 0 Å². The van der Waals surface area contributed by atoms with Crippen LogP contribution in [-0.4, -0.2) is 25.6 Å². The molecule has 98 valence electrons. The molecule has 5 heteroatoms. The van der Waals surface area contributed by atoms with Gasteiger partial charge in [0.05, 0.1) is 6.61 Å². The summed E-state index contributed by atoms with van der Waals surface area (Å²) in [5.41, 5.74) is 3.09. The van der Waals surface area contributed by atoms with Crippen LogP contribution in [0.25, 0.3) is 0 Å². The van der Waals surface area contributed by atoms with E-state index in [0.717, 1.165) is 30.4 Å². The highest BCUT2D eigenvalue weighted by Crippen LogP contribution is 2.12. The highest BCUT2D eigenvalue weighted by molar-refractivity contribution is 9.10. The van der Waals surface area contributed by atoms with Crippen LogP contribution in [0.3, 0.4) is 0 Å². The number of hydrogen-bond acceptors (Lipinski definition) is 3. The van der Waals surface area contributed by atoms with E-state index in [4.69, 9.17) is 4.84 Å². The zero-order chi connectivity index (χ0) is 12.8. The van der Waals surface area contributed by atoms with Gasteiger partial charge in [-0.1, -0.05) is 22.0 Å². The van der Waals surface area contributed by atoms with Crippen LogP contribution in [0.2, 0.25) is 0 Å². The number of carbonyl (C=O) groups is 1. The molecule has 0 unspecified atom stereocenters. The third-order valence-corrected chi connectivity index (χ3v) is 3.52. The lowest BCUT2D eigenvalue weighted by atomic mass is 10.00. The summed E-state index contributed by atoms with van der Waals surface area (Å²) in [6.45, 7) is 2.66. The molecule has 1 amide bonds. The van der Waals surface area contributed by atoms with Gasteiger partial charge in [-0.25, -0.2) is 5.48 Å². The molecule has 2 rings (SSSR count). The molecule has 4 nitrogen and oxygen atoms in total. The maximum Gasteiger partial charge on any atom is 0.274 e. The topological polar surface area (TPSA) is 50.4 Å². The minimum atomic E-state index is -0.203. The minimum Gasteiger partial charge on any atom is -0.317 e. The summed E-state index contributed by atoms with van der Waals surface area (Å²) >= 11 is 3.33. The molecule has 2 N–H and O–H groups in total. The molecule has 1 saturated heterocycles. The van der Waals surface area contributed by atoms with E-state index in [0.29, 0.717) is 18.1 Å². The van der Waals surface area contributed by atoms with Crippen LogP contribution in [0.4, 0.5) is 0 Å². The molecular formula is C13H17BrN2O2. The van der Waals surface area contributed by atoms with Crippen molar-refractivity contribution >= 4 is 21.8 Å². The highest BCUT2D eigenvalue weighted by Gasteiger charge is 2.14. The summed E-state index contributed by atoms with van der Waals surface area (Å²) in [7, 11) is 0. The number of benzene rings is 1. The Morgan fingerprint density at radius 2 is 2.22 bits per heavy atom. The Bertz CT molecular complexity index is 406. The number of carbonyl (C=O) groups excluding carboxylic acids is 1. The van der Waals surface area contributed by atoms with Gasteiger partial charge in [0.2, 0.25) is 0 Å². The fourth-order valence-electron chi connectivity index (χ4n) is 1.96. The van der Waals surface area contributed by atoms with Gasteiger partial charge in [-0.15, -0.1) is 0 Å². The molecule has 1 aromatic rings. The number of hydrogen-bond donors (Lipinski definition) is 2. The summed E-state index contributed by atoms with van der Waals surface area (Å²) in [4.78, 5) is 17.1. The van der Waals surface area contributed by atoms with Crippen LogP contribution in [0.1, 0.15) is 23.2 Å². The molecule has 0 atom stereocenters. The van der Waals surface area contributed by atoms with E-state index in [1.807, 2.05) is 12.1 Å². The lowest BCUT2D eigenvalue weighted by molar-refractivity contribution is 0.0118. The van der Waals surface area contributed by atoms with Crippen molar-refractivity contribution in [2.24, 2.45) is 5.92 Å². The lowest BCUT2D eigenvalue weighted by Crippen LogP contribution is -2.33. The second-order valence-electron chi connectivity index (χ2n) is 4.45. The molecule has 1 fully saturated rings. The molecule has 1 heterocycles. The number of halogens is 1. The number of rotatable bonds is 4. The second-order valence-corrected chi connectivity index (χ2v) is 5.36. The van der Waals surface area contributed by atoms with Gasteiger partial charge in [0, 0.05) is 10.0 Å². The molecule has 0 aliphatic carbocycles. The van der Waals surface area contributed by atoms with Crippen LogP contribution in [-0.2, 0) is 4.84 Å². The van der Waals surface area contributed by atoms with Crippen molar-refractivity contribution in [3.8, 4) is 0 Å². The largest absolute Gasteiger partial charge is 0.317 e. The predicted octanol–water partition coefficient (Wildman–Crippen LogP) is 2.11. The van der Waals surface area contributed by atoms with Crippen LogP contribution < -0.4 is 10.8 Å². The fourth-order valence-corrected chi connectivity index (χ4v) is 2.36. The zero-order valence-electron chi connectivity index (χ0n) is 10.1. The van der Waals surface area contributed by atoms with E-state index < -0.39 is 0 Å². The number of amides is 1. The third kappa shape index (κ3) is 4.08. The van der Waals surface area contributed by atoms with Gasteiger partial charge in [-0.2, -0.15) is 0 Å². The van der Waals surface area contributed by atoms with Crippen molar-refractivity contribution in [3.05, 3.63) is 34.3 Å². The molecule has 1 aromatic carbocycles. The Kier molecular flexibility index (Phi) is 5.16. The molecule has 0 radical (unpaired) electrons. The van der Waals surface area contributed by atoms with E-state index in [1.165, 1.54) is 0 Å².